The fraction of sp³-hybridized carbons (Fsp3) is 0. The predicted octanol–water partition coefficient (Wildman–Crippen LogP) is 6.86. The van der Waals surface area contributed by atoms with Crippen LogP contribution in [0.3, 0.4) is 0 Å². The molecule has 0 heterocycles. The van der Waals surface area contributed by atoms with Crippen molar-refractivity contribution >= 4 is 43.1 Å². The van der Waals surface area contributed by atoms with E-state index in [4.69, 9.17) is 0 Å². The highest BCUT2D eigenvalue weighted by atomic mass is 19.2. The first kappa shape index (κ1) is 15.1. The normalized spacial score (nSPS) is 11.8. The van der Waals surface area contributed by atoms with Gasteiger partial charge >= 0.3 is 0 Å². The zero-order valence-corrected chi connectivity index (χ0v) is 13.3. The second-order valence-electron chi connectivity index (χ2n) is 6.36. The molecule has 0 fully saturated rings. The Bertz CT molecular complexity index is 1260. The van der Waals surface area contributed by atoms with Gasteiger partial charge in [-0.05, 0) is 67.4 Å². The molecule has 0 aliphatic heterocycles. The van der Waals surface area contributed by atoms with Crippen LogP contribution < -0.4 is 0 Å². The van der Waals surface area contributed by atoms with Gasteiger partial charge in [-0.15, -0.1) is 0 Å². The summed E-state index contributed by atoms with van der Waals surface area (Å²) in [5.74, 6) is -3.58. The molecule has 5 rings (SSSR count). The Morgan fingerprint density at radius 1 is 0.346 bits per heavy atom. The smallest absolute Gasteiger partial charge is 0.159 e. The average Bonchev–Trinajstić information content (AvgIpc) is 2.63. The predicted molar refractivity (Wildman–Crippen MR) is 96.3 cm³/mol. The van der Waals surface area contributed by atoms with E-state index in [0.717, 1.165) is 21.5 Å². The third-order valence-electron chi connectivity index (χ3n) is 4.91. The van der Waals surface area contributed by atoms with Crippen LogP contribution in [0.1, 0.15) is 0 Å². The molecule has 0 aliphatic rings. The van der Waals surface area contributed by atoms with Crippen molar-refractivity contribution in [1.82, 2.24) is 0 Å². The van der Waals surface area contributed by atoms with Gasteiger partial charge in [0.25, 0.3) is 0 Å². The second kappa shape index (κ2) is 5.18. The Balaban J connectivity index is 1.96. The standard InChI is InChI=1S/C22H10F4/c23-19-7-11-1-3-13-14-4-2-12-8-20(24)22(26)10-18(12)16(14)6-5-15(13)17(11)9-21(19)25/h1-10H. The Kier molecular flexibility index (Phi) is 3.02. The average molecular weight is 350 g/mol. The van der Waals surface area contributed by atoms with E-state index < -0.39 is 23.3 Å². The molecule has 0 aromatic heterocycles. The lowest BCUT2D eigenvalue weighted by Gasteiger charge is -2.10. The van der Waals surface area contributed by atoms with Crippen molar-refractivity contribution in [3.05, 3.63) is 83.9 Å². The van der Waals surface area contributed by atoms with Crippen LogP contribution in [0.25, 0.3) is 43.1 Å². The number of fused-ring (bicyclic) bond motifs is 7. The maximum absolute atomic E-state index is 13.7. The van der Waals surface area contributed by atoms with E-state index in [0.29, 0.717) is 21.5 Å². The minimum absolute atomic E-state index is 0.602. The van der Waals surface area contributed by atoms with Crippen LogP contribution in [0.2, 0.25) is 0 Å². The Labute approximate surface area is 145 Å². The van der Waals surface area contributed by atoms with E-state index in [2.05, 4.69) is 0 Å². The van der Waals surface area contributed by atoms with E-state index in [-0.39, 0.29) is 0 Å². The maximum atomic E-state index is 13.7. The van der Waals surface area contributed by atoms with Crippen molar-refractivity contribution in [2.75, 3.05) is 0 Å². The molecule has 0 nitrogen and oxygen atoms in total. The molecule has 0 aliphatic carbocycles. The van der Waals surface area contributed by atoms with E-state index in [1.807, 2.05) is 12.1 Å². The number of benzene rings is 5. The van der Waals surface area contributed by atoms with Crippen LogP contribution in [-0.4, -0.2) is 0 Å². The van der Waals surface area contributed by atoms with Gasteiger partial charge in [0.2, 0.25) is 0 Å². The monoisotopic (exact) mass is 350 g/mol. The van der Waals surface area contributed by atoms with Gasteiger partial charge in [0, 0.05) is 0 Å². The molecule has 0 amide bonds. The SMILES string of the molecule is Fc1cc2ccc3c(ccc4c5cc(F)c(F)cc5ccc43)c2cc1F. The minimum atomic E-state index is -0.902. The fourth-order valence-electron chi connectivity index (χ4n) is 3.68. The van der Waals surface area contributed by atoms with Crippen LogP contribution in [-0.2, 0) is 0 Å². The zero-order chi connectivity index (χ0) is 18.0. The van der Waals surface area contributed by atoms with E-state index in [1.165, 1.54) is 24.3 Å². The Hall–Kier alpha value is -3.14. The van der Waals surface area contributed by atoms with Crippen molar-refractivity contribution in [2.24, 2.45) is 0 Å². The maximum Gasteiger partial charge on any atom is 0.159 e. The molecule has 5 aromatic carbocycles. The third kappa shape index (κ3) is 2.02. The highest BCUT2D eigenvalue weighted by molar-refractivity contribution is 6.22. The summed E-state index contributed by atoms with van der Waals surface area (Å²) in [5, 5.41) is 5.64. The van der Waals surface area contributed by atoms with Gasteiger partial charge in [0.05, 0.1) is 0 Å². The molecule has 0 saturated heterocycles. The zero-order valence-electron chi connectivity index (χ0n) is 13.3. The summed E-state index contributed by atoms with van der Waals surface area (Å²) in [6.45, 7) is 0. The van der Waals surface area contributed by atoms with Gasteiger partial charge in [0.1, 0.15) is 0 Å². The molecular weight excluding hydrogens is 340 g/mol. The van der Waals surface area contributed by atoms with Crippen LogP contribution in [0.15, 0.2) is 60.7 Å². The van der Waals surface area contributed by atoms with E-state index >= 15 is 0 Å². The van der Waals surface area contributed by atoms with Crippen molar-refractivity contribution in [3.63, 3.8) is 0 Å². The molecule has 0 unspecified atom stereocenters. The topological polar surface area (TPSA) is 0 Å². The summed E-state index contributed by atoms with van der Waals surface area (Å²) in [6, 6.07) is 15.5. The van der Waals surface area contributed by atoms with Crippen LogP contribution >= 0.6 is 0 Å². The Morgan fingerprint density at radius 2 is 0.654 bits per heavy atom. The van der Waals surface area contributed by atoms with Crippen LogP contribution in [0, 0.1) is 23.3 Å². The summed E-state index contributed by atoms with van der Waals surface area (Å²) < 4.78 is 54.5. The van der Waals surface area contributed by atoms with E-state index in [9.17, 15) is 17.6 Å². The van der Waals surface area contributed by atoms with Crippen molar-refractivity contribution in [3.8, 4) is 0 Å². The molecule has 0 saturated carbocycles. The first-order valence-corrected chi connectivity index (χ1v) is 8.05. The molecule has 126 valence electrons. The number of rotatable bonds is 0. The quantitative estimate of drug-likeness (QED) is 0.211. The summed E-state index contributed by atoms with van der Waals surface area (Å²) in [6.07, 6.45) is 0. The lowest BCUT2D eigenvalue weighted by atomic mass is 9.94. The first-order chi connectivity index (χ1) is 12.5. The van der Waals surface area contributed by atoms with Crippen LogP contribution in [0.5, 0.6) is 0 Å². The third-order valence-corrected chi connectivity index (χ3v) is 4.91. The lowest BCUT2D eigenvalue weighted by molar-refractivity contribution is 0.511. The summed E-state index contributed by atoms with van der Waals surface area (Å²) >= 11 is 0. The highest BCUT2D eigenvalue weighted by Crippen LogP contribution is 2.35. The van der Waals surface area contributed by atoms with Gasteiger partial charge < -0.3 is 0 Å². The van der Waals surface area contributed by atoms with Gasteiger partial charge in [-0.3, -0.25) is 0 Å². The highest BCUT2D eigenvalue weighted by Gasteiger charge is 2.12. The number of halogens is 4. The van der Waals surface area contributed by atoms with Gasteiger partial charge in [-0.25, -0.2) is 17.6 Å². The molecule has 0 bridgehead atoms. The molecule has 0 atom stereocenters. The molecule has 5 aromatic rings. The molecule has 26 heavy (non-hydrogen) atoms. The number of hydrogen-bond acceptors (Lipinski definition) is 0. The summed E-state index contributed by atoms with van der Waals surface area (Å²) in [4.78, 5) is 0. The lowest BCUT2D eigenvalue weighted by Crippen LogP contribution is -1.88. The number of hydrogen-bond donors (Lipinski definition) is 0. The van der Waals surface area contributed by atoms with Gasteiger partial charge in [0.15, 0.2) is 23.3 Å². The molecular formula is C22H10F4. The van der Waals surface area contributed by atoms with Gasteiger partial charge in [-0.2, -0.15) is 0 Å². The van der Waals surface area contributed by atoms with Crippen molar-refractivity contribution in [2.45, 2.75) is 0 Å². The summed E-state index contributed by atoms with van der Waals surface area (Å²) in [5.41, 5.74) is 0. The van der Waals surface area contributed by atoms with E-state index in [1.54, 1.807) is 24.3 Å². The fourth-order valence-corrected chi connectivity index (χ4v) is 3.68. The molecule has 0 radical (unpaired) electrons. The largest absolute Gasteiger partial charge is 0.204 e. The second-order valence-corrected chi connectivity index (χ2v) is 6.36. The van der Waals surface area contributed by atoms with Crippen molar-refractivity contribution < 1.29 is 17.6 Å². The Morgan fingerprint density at radius 3 is 1.08 bits per heavy atom. The first-order valence-electron chi connectivity index (χ1n) is 8.05. The van der Waals surface area contributed by atoms with Crippen LogP contribution in [0.4, 0.5) is 17.6 Å². The summed E-state index contributed by atoms with van der Waals surface area (Å²) in [7, 11) is 0. The molecule has 0 spiro atoms. The molecule has 0 N–H and O–H groups in total. The van der Waals surface area contributed by atoms with Gasteiger partial charge in [-0.1, -0.05) is 36.4 Å². The van der Waals surface area contributed by atoms with Crippen molar-refractivity contribution in [1.29, 1.82) is 0 Å². The minimum Gasteiger partial charge on any atom is -0.204 e. The molecule has 4 heteroatoms.